The van der Waals surface area contributed by atoms with Crippen LogP contribution in [0.1, 0.15) is 0 Å². The quantitative estimate of drug-likeness (QED) is 0.592. The summed E-state index contributed by atoms with van der Waals surface area (Å²) < 4.78 is 35.4. The van der Waals surface area contributed by atoms with Gasteiger partial charge in [0.05, 0.1) is 0 Å². The number of hydrogen-bond acceptors (Lipinski definition) is 2. The topological polar surface area (TPSA) is 32.3 Å². The van der Waals surface area contributed by atoms with E-state index in [9.17, 15) is 18.0 Å². The highest BCUT2D eigenvalue weighted by molar-refractivity contribution is 6.18. The maximum Gasteiger partial charge on any atom is 0.472 e. The van der Waals surface area contributed by atoms with Crippen LogP contribution in [0, 0.1) is 0 Å². The van der Waals surface area contributed by atoms with Gasteiger partial charge in [0, 0.05) is 24.8 Å². The molecular formula is C6H9Cl2F3N2O. The van der Waals surface area contributed by atoms with Crippen molar-refractivity contribution in [3.05, 3.63) is 0 Å². The molecular weight excluding hydrogens is 244 g/mol. The Morgan fingerprint density at radius 3 is 1.93 bits per heavy atom. The van der Waals surface area contributed by atoms with Gasteiger partial charge in [-0.15, -0.1) is 23.2 Å². The van der Waals surface area contributed by atoms with Gasteiger partial charge in [0.15, 0.2) is 0 Å². The van der Waals surface area contributed by atoms with Gasteiger partial charge >= 0.3 is 12.1 Å². The third-order valence-electron chi connectivity index (χ3n) is 1.23. The summed E-state index contributed by atoms with van der Waals surface area (Å²) >= 11 is 10.6. The van der Waals surface area contributed by atoms with Gasteiger partial charge in [0.2, 0.25) is 0 Å². The predicted molar refractivity (Wildman–Crippen MR) is 47.2 cm³/mol. The van der Waals surface area contributed by atoms with Crippen molar-refractivity contribution in [3.63, 3.8) is 0 Å². The summed E-state index contributed by atoms with van der Waals surface area (Å²) in [5, 5.41) is 1.02. The molecule has 0 aliphatic heterocycles. The largest absolute Gasteiger partial charge is 0.472 e. The molecule has 0 aliphatic carbocycles. The Balaban J connectivity index is 4.08. The molecule has 0 rings (SSSR count). The molecule has 8 heteroatoms. The van der Waals surface area contributed by atoms with E-state index in [1.54, 1.807) is 5.43 Å². The fraction of sp³-hybridized carbons (Fsp3) is 0.833. The first-order valence-corrected chi connectivity index (χ1v) is 4.73. The molecule has 0 heterocycles. The normalized spacial score (nSPS) is 11.9. The van der Waals surface area contributed by atoms with E-state index >= 15 is 0 Å². The SMILES string of the molecule is O=C(NN(CCCl)CCCl)C(F)(F)F. The summed E-state index contributed by atoms with van der Waals surface area (Å²) in [5.74, 6) is -1.81. The molecule has 0 fully saturated rings. The lowest BCUT2D eigenvalue weighted by atomic mass is 10.6. The first-order valence-electron chi connectivity index (χ1n) is 3.66. The predicted octanol–water partition coefficient (Wildman–Crippen LogP) is 1.36. The van der Waals surface area contributed by atoms with Gasteiger partial charge in [-0.25, -0.2) is 5.01 Å². The van der Waals surface area contributed by atoms with Gasteiger partial charge < -0.3 is 0 Å². The summed E-state index contributed by atoms with van der Waals surface area (Å²) in [7, 11) is 0. The third kappa shape index (κ3) is 5.51. The van der Waals surface area contributed by atoms with Crippen molar-refractivity contribution in [1.82, 2.24) is 10.4 Å². The molecule has 0 saturated carbocycles. The summed E-state index contributed by atoms with van der Waals surface area (Å²) in [5.41, 5.74) is 1.66. The molecule has 1 amide bonds. The Bertz CT molecular complexity index is 182. The first-order chi connectivity index (χ1) is 6.41. The number of nitrogens with zero attached hydrogens (tertiary/aromatic N) is 1. The van der Waals surface area contributed by atoms with Crippen LogP contribution in [0.15, 0.2) is 0 Å². The van der Waals surface area contributed by atoms with Crippen LogP contribution in [0.5, 0.6) is 0 Å². The molecule has 3 nitrogen and oxygen atoms in total. The highest BCUT2D eigenvalue weighted by atomic mass is 35.5. The van der Waals surface area contributed by atoms with Crippen molar-refractivity contribution < 1.29 is 18.0 Å². The van der Waals surface area contributed by atoms with E-state index in [1.807, 2.05) is 0 Å². The fourth-order valence-electron chi connectivity index (χ4n) is 0.635. The van der Waals surface area contributed by atoms with Crippen LogP contribution >= 0.6 is 23.2 Å². The minimum absolute atomic E-state index is 0.106. The average Bonchev–Trinajstić information content (AvgIpc) is 2.03. The van der Waals surface area contributed by atoms with Crippen LogP contribution in [0.3, 0.4) is 0 Å². The number of rotatable bonds is 5. The molecule has 14 heavy (non-hydrogen) atoms. The lowest BCUT2D eigenvalue weighted by Crippen LogP contribution is -2.49. The van der Waals surface area contributed by atoms with Gasteiger partial charge in [-0.1, -0.05) is 0 Å². The Kier molecular flexibility index (Phi) is 6.22. The highest BCUT2D eigenvalue weighted by Gasteiger charge is 2.39. The number of halogens is 5. The summed E-state index contributed by atoms with van der Waals surface area (Å²) in [6.45, 7) is 0.214. The maximum atomic E-state index is 11.8. The van der Waals surface area contributed by atoms with E-state index in [0.29, 0.717) is 0 Å². The van der Waals surface area contributed by atoms with Crippen LogP contribution in [-0.2, 0) is 4.79 Å². The molecule has 0 aliphatic rings. The van der Waals surface area contributed by atoms with Gasteiger partial charge in [-0.2, -0.15) is 13.2 Å². The van der Waals surface area contributed by atoms with E-state index in [-0.39, 0.29) is 24.8 Å². The number of hydrazine groups is 1. The number of alkyl halides is 5. The van der Waals surface area contributed by atoms with Gasteiger partial charge in [0.25, 0.3) is 0 Å². The van der Waals surface area contributed by atoms with Gasteiger partial charge in [0.1, 0.15) is 0 Å². The minimum atomic E-state index is -4.89. The van der Waals surface area contributed by atoms with Crippen molar-refractivity contribution in [1.29, 1.82) is 0 Å². The van der Waals surface area contributed by atoms with E-state index in [2.05, 4.69) is 0 Å². The molecule has 0 bridgehead atoms. The Morgan fingerprint density at radius 1 is 1.21 bits per heavy atom. The molecule has 84 valence electrons. The highest BCUT2D eigenvalue weighted by Crippen LogP contribution is 2.14. The van der Waals surface area contributed by atoms with Crippen LogP contribution < -0.4 is 5.43 Å². The molecule has 0 radical (unpaired) electrons. The molecule has 0 atom stereocenters. The molecule has 0 spiro atoms. The Hall–Kier alpha value is -0.200. The smallest absolute Gasteiger partial charge is 0.281 e. The zero-order valence-corrected chi connectivity index (χ0v) is 8.59. The van der Waals surface area contributed by atoms with Crippen LogP contribution in [0.2, 0.25) is 0 Å². The average molecular weight is 253 g/mol. The Labute approximate surface area is 89.1 Å². The maximum absolute atomic E-state index is 11.8. The lowest BCUT2D eigenvalue weighted by molar-refractivity contribution is -0.178. The molecule has 0 aromatic carbocycles. The lowest BCUT2D eigenvalue weighted by Gasteiger charge is -2.21. The zero-order valence-electron chi connectivity index (χ0n) is 7.07. The van der Waals surface area contributed by atoms with E-state index in [1.165, 1.54) is 0 Å². The summed E-state index contributed by atoms with van der Waals surface area (Å²) in [6, 6.07) is 0. The fourth-order valence-corrected chi connectivity index (χ4v) is 1.04. The van der Waals surface area contributed by atoms with Crippen molar-refractivity contribution >= 4 is 29.1 Å². The van der Waals surface area contributed by atoms with Crippen molar-refractivity contribution in [2.45, 2.75) is 6.18 Å². The number of hydrogen-bond donors (Lipinski definition) is 1. The third-order valence-corrected chi connectivity index (χ3v) is 1.56. The monoisotopic (exact) mass is 252 g/mol. The molecule has 0 aromatic rings. The number of nitrogens with one attached hydrogen (secondary N) is 1. The molecule has 0 unspecified atom stereocenters. The van der Waals surface area contributed by atoms with Crippen LogP contribution in [-0.4, -0.2) is 41.9 Å². The molecule has 1 N–H and O–H groups in total. The van der Waals surface area contributed by atoms with Crippen molar-refractivity contribution in [2.24, 2.45) is 0 Å². The molecule has 0 aromatic heterocycles. The summed E-state index contributed by atoms with van der Waals surface area (Å²) in [4.78, 5) is 10.5. The van der Waals surface area contributed by atoms with E-state index in [0.717, 1.165) is 5.01 Å². The van der Waals surface area contributed by atoms with Gasteiger partial charge in [-0.3, -0.25) is 10.2 Å². The zero-order chi connectivity index (χ0) is 11.2. The van der Waals surface area contributed by atoms with Crippen molar-refractivity contribution in [2.75, 3.05) is 24.8 Å². The number of amides is 1. The second-order valence-electron chi connectivity index (χ2n) is 2.30. The van der Waals surface area contributed by atoms with Gasteiger partial charge in [-0.05, 0) is 0 Å². The van der Waals surface area contributed by atoms with Crippen molar-refractivity contribution in [3.8, 4) is 0 Å². The standard InChI is InChI=1S/C6H9Cl2F3N2O/c7-1-3-13(4-2-8)12-5(14)6(9,10)11/h1-4H2,(H,12,14). The minimum Gasteiger partial charge on any atom is -0.281 e. The number of carbonyl (C=O) groups is 1. The summed E-state index contributed by atoms with van der Waals surface area (Å²) in [6.07, 6.45) is -4.89. The van der Waals surface area contributed by atoms with E-state index < -0.39 is 12.1 Å². The number of carbonyl (C=O) groups excluding carboxylic acids is 1. The second-order valence-corrected chi connectivity index (χ2v) is 3.06. The Morgan fingerprint density at radius 2 is 1.64 bits per heavy atom. The second kappa shape index (κ2) is 6.31. The van der Waals surface area contributed by atoms with E-state index in [4.69, 9.17) is 23.2 Å². The first kappa shape index (κ1) is 13.8. The molecule has 0 saturated heterocycles. The van der Waals surface area contributed by atoms with Crippen LogP contribution in [0.25, 0.3) is 0 Å². The van der Waals surface area contributed by atoms with Crippen LogP contribution in [0.4, 0.5) is 13.2 Å².